The Morgan fingerprint density at radius 1 is 1.28 bits per heavy atom. The van der Waals surface area contributed by atoms with Gasteiger partial charge in [-0.2, -0.15) is 5.10 Å². The van der Waals surface area contributed by atoms with Crippen molar-refractivity contribution in [3.8, 4) is 0 Å². The summed E-state index contributed by atoms with van der Waals surface area (Å²) >= 11 is 0. The molecule has 2 saturated carbocycles. The number of aromatic nitrogens is 2. The van der Waals surface area contributed by atoms with Gasteiger partial charge in [0.2, 0.25) is 0 Å². The van der Waals surface area contributed by atoms with Gasteiger partial charge < -0.3 is 10.0 Å². The maximum Gasteiger partial charge on any atom is 0.150 e. The van der Waals surface area contributed by atoms with Crippen LogP contribution in [0.3, 0.4) is 0 Å². The van der Waals surface area contributed by atoms with E-state index in [4.69, 9.17) is 5.11 Å². The largest absolute Gasteiger partial charge is 0.390 e. The lowest BCUT2D eigenvalue weighted by Crippen LogP contribution is -2.29. The normalized spacial score (nSPS) is 29.8. The molecule has 2 bridgehead atoms. The van der Waals surface area contributed by atoms with Crippen molar-refractivity contribution >= 4 is 5.82 Å². The molecule has 4 nitrogen and oxygen atoms in total. The molecular formula is C14H21N3O. The highest BCUT2D eigenvalue weighted by Crippen LogP contribution is 2.48. The lowest BCUT2D eigenvalue weighted by molar-refractivity contribution is 0.275. The Kier molecular flexibility index (Phi) is 3.20. The average molecular weight is 247 g/mol. The zero-order chi connectivity index (χ0) is 12.5. The lowest BCUT2D eigenvalue weighted by Gasteiger charge is -2.27. The van der Waals surface area contributed by atoms with Crippen LogP contribution in [0.15, 0.2) is 12.1 Å². The first-order valence-corrected chi connectivity index (χ1v) is 6.91. The van der Waals surface area contributed by atoms with Crippen molar-refractivity contribution in [1.29, 1.82) is 0 Å². The maximum absolute atomic E-state index is 8.95. The number of aliphatic hydroxyl groups is 1. The highest BCUT2D eigenvalue weighted by Gasteiger charge is 2.39. The van der Waals surface area contributed by atoms with E-state index in [1.54, 1.807) is 0 Å². The summed E-state index contributed by atoms with van der Waals surface area (Å²) in [5, 5.41) is 17.1. The Labute approximate surface area is 108 Å². The number of aliphatic hydroxyl groups excluding tert-OH is 1. The van der Waals surface area contributed by atoms with Gasteiger partial charge in [0.25, 0.3) is 0 Å². The molecule has 0 aliphatic heterocycles. The Bertz CT molecular complexity index is 406. The molecule has 1 aromatic heterocycles. The molecule has 0 saturated heterocycles. The molecule has 1 heterocycles. The van der Waals surface area contributed by atoms with Crippen molar-refractivity contribution in [2.24, 2.45) is 17.8 Å². The van der Waals surface area contributed by atoms with Gasteiger partial charge >= 0.3 is 0 Å². The number of fused-ring (bicyclic) bond motifs is 2. The van der Waals surface area contributed by atoms with Crippen molar-refractivity contribution in [1.82, 2.24) is 10.2 Å². The molecule has 0 spiro atoms. The first kappa shape index (κ1) is 11.9. The lowest BCUT2D eigenvalue weighted by atomic mass is 9.88. The van der Waals surface area contributed by atoms with Gasteiger partial charge in [-0.1, -0.05) is 6.42 Å². The SMILES string of the molecule is CN(CC1CC2CCC1C2)c1ccc(CO)nn1. The molecule has 0 radical (unpaired) electrons. The van der Waals surface area contributed by atoms with Crippen LogP contribution in [0.2, 0.25) is 0 Å². The summed E-state index contributed by atoms with van der Waals surface area (Å²) in [7, 11) is 2.09. The molecule has 2 aliphatic rings. The highest BCUT2D eigenvalue weighted by atomic mass is 16.3. The monoisotopic (exact) mass is 247 g/mol. The van der Waals surface area contributed by atoms with Gasteiger partial charge in [-0.25, -0.2) is 0 Å². The molecule has 2 fully saturated rings. The van der Waals surface area contributed by atoms with Crippen LogP contribution in [0.5, 0.6) is 0 Å². The van der Waals surface area contributed by atoms with Gasteiger partial charge in [-0.3, -0.25) is 0 Å². The van der Waals surface area contributed by atoms with Gasteiger partial charge in [0, 0.05) is 13.6 Å². The summed E-state index contributed by atoms with van der Waals surface area (Å²) in [4.78, 5) is 2.21. The second-order valence-corrected chi connectivity index (χ2v) is 5.86. The Morgan fingerprint density at radius 3 is 2.72 bits per heavy atom. The van der Waals surface area contributed by atoms with Crippen LogP contribution in [0.25, 0.3) is 0 Å². The Hall–Kier alpha value is -1.16. The fourth-order valence-corrected chi connectivity index (χ4v) is 3.69. The van der Waals surface area contributed by atoms with Gasteiger partial charge in [0.1, 0.15) is 0 Å². The smallest absolute Gasteiger partial charge is 0.150 e. The number of hydrogen-bond acceptors (Lipinski definition) is 4. The van der Waals surface area contributed by atoms with E-state index in [-0.39, 0.29) is 6.61 Å². The molecule has 1 aromatic rings. The first-order valence-electron chi connectivity index (χ1n) is 6.91. The Morgan fingerprint density at radius 2 is 2.17 bits per heavy atom. The van der Waals surface area contributed by atoms with E-state index in [0.29, 0.717) is 5.69 Å². The fraction of sp³-hybridized carbons (Fsp3) is 0.714. The molecule has 0 amide bonds. The third-order valence-electron chi connectivity index (χ3n) is 4.65. The zero-order valence-electron chi connectivity index (χ0n) is 10.9. The molecular weight excluding hydrogens is 226 g/mol. The van der Waals surface area contributed by atoms with Crippen LogP contribution in [-0.2, 0) is 6.61 Å². The van der Waals surface area contributed by atoms with Crippen LogP contribution < -0.4 is 4.90 Å². The topological polar surface area (TPSA) is 49.2 Å². The summed E-state index contributed by atoms with van der Waals surface area (Å²) in [6.07, 6.45) is 5.74. The van der Waals surface area contributed by atoms with E-state index in [2.05, 4.69) is 22.1 Å². The molecule has 98 valence electrons. The van der Waals surface area contributed by atoms with Crippen LogP contribution >= 0.6 is 0 Å². The van der Waals surface area contributed by atoms with Gasteiger partial charge in [-0.05, 0) is 49.1 Å². The average Bonchev–Trinajstić information content (AvgIpc) is 3.01. The van der Waals surface area contributed by atoms with Crippen LogP contribution in [0.1, 0.15) is 31.4 Å². The minimum Gasteiger partial charge on any atom is -0.390 e. The van der Waals surface area contributed by atoms with E-state index >= 15 is 0 Å². The summed E-state index contributed by atoms with van der Waals surface area (Å²) in [6, 6.07) is 3.80. The van der Waals surface area contributed by atoms with Gasteiger partial charge in [0.05, 0.1) is 12.3 Å². The zero-order valence-corrected chi connectivity index (χ0v) is 10.9. The fourth-order valence-electron chi connectivity index (χ4n) is 3.69. The van der Waals surface area contributed by atoms with Crippen LogP contribution in [-0.4, -0.2) is 28.9 Å². The summed E-state index contributed by atoms with van der Waals surface area (Å²) in [5.74, 6) is 3.70. The molecule has 4 heteroatoms. The quantitative estimate of drug-likeness (QED) is 0.882. The number of anilines is 1. The first-order chi connectivity index (χ1) is 8.76. The van der Waals surface area contributed by atoms with Crippen molar-refractivity contribution in [2.45, 2.75) is 32.3 Å². The van der Waals surface area contributed by atoms with E-state index in [1.165, 1.54) is 25.7 Å². The standard InChI is InChI=1S/C14H21N3O/c1-17(14-5-4-13(9-18)15-16-14)8-12-7-10-2-3-11(12)6-10/h4-5,10-12,18H,2-3,6-9H2,1H3. The number of rotatable bonds is 4. The predicted octanol–water partition coefficient (Wildman–Crippen LogP) is 1.84. The minimum absolute atomic E-state index is 0.0383. The maximum atomic E-state index is 8.95. The van der Waals surface area contributed by atoms with Crippen molar-refractivity contribution < 1.29 is 5.11 Å². The van der Waals surface area contributed by atoms with Crippen molar-refractivity contribution in [2.75, 3.05) is 18.5 Å². The van der Waals surface area contributed by atoms with E-state index in [0.717, 1.165) is 30.1 Å². The molecule has 18 heavy (non-hydrogen) atoms. The Balaban J connectivity index is 1.62. The van der Waals surface area contributed by atoms with Gasteiger partial charge in [0.15, 0.2) is 5.82 Å². The molecule has 3 rings (SSSR count). The van der Waals surface area contributed by atoms with Crippen molar-refractivity contribution in [3.05, 3.63) is 17.8 Å². The van der Waals surface area contributed by atoms with Crippen molar-refractivity contribution in [3.63, 3.8) is 0 Å². The molecule has 3 unspecified atom stereocenters. The summed E-state index contributed by atoms with van der Waals surface area (Å²) < 4.78 is 0. The van der Waals surface area contributed by atoms with Crippen LogP contribution in [0.4, 0.5) is 5.82 Å². The summed E-state index contributed by atoms with van der Waals surface area (Å²) in [6.45, 7) is 1.05. The van der Waals surface area contributed by atoms with E-state index in [9.17, 15) is 0 Å². The number of hydrogen-bond donors (Lipinski definition) is 1. The molecule has 1 N–H and O–H groups in total. The summed E-state index contributed by atoms with van der Waals surface area (Å²) in [5.41, 5.74) is 0.632. The number of nitrogens with zero attached hydrogens (tertiary/aromatic N) is 3. The molecule has 3 atom stereocenters. The van der Waals surface area contributed by atoms with E-state index < -0.39 is 0 Å². The second kappa shape index (κ2) is 4.84. The highest BCUT2D eigenvalue weighted by molar-refractivity contribution is 5.36. The van der Waals surface area contributed by atoms with Gasteiger partial charge in [-0.15, -0.1) is 5.10 Å². The third kappa shape index (κ3) is 2.21. The van der Waals surface area contributed by atoms with E-state index in [1.807, 2.05) is 12.1 Å². The molecule has 0 aromatic carbocycles. The minimum atomic E-state index is -0.0383. The predicted molar refractivity (Wildman–Crippen MR) is 70.2 cm³/mol. The third-order valence-corrected chi connectivity index (χ3v) is 4.65. The second-order valence-electron chi connectivity index (χ2n) is 5.86. The van der Waals surface area contributed by atoms with Crippen LogP contribution in [0, 0.1) is 17.8 Å². The molecule has 2 aliphatic carbocycles.